The van der Waals surface area contributed by atoms with E-state index in [4.69, 9.17) is 0 Å². The summed E-state index contributed by atoms with van der Waals surface area (Å²) in [4.78, 5) is 37.9. The Morgan fingerprint density at radius 2 is 1.59 bits per heavy atom. The fourth-order valence-electron chi connectivity index (χ4n) is 3.09. The Labute approximate surface area is 192 Å². The molecule has 2 aromatic rings. The van der Waals surface area contributed by atoms with Crippen molar-refractivity contribution in [3.63, 3.8) is 0 Å². The van der Waals surface area contributed by atoms with Crippen molar-refractivity contribution in [3.05, 3.63) is 70.3 Å². The smallest absolute Gasteiger partial charge is 0.339 e. The van der Waals surface area contributed by atoms with Gasteiger partial charge in [0, 0.05) is 29.8 Å². The van der Waals surface area contributed by atoms with Gasteiger partial charge < -0.3 is 10.2 Å². The van der Waals surface area contributed by atoms with E-state index >= 15 is 0 Å². The van der Waals surface area contributed by atoms with Crippen LogP contribution in [0, 0.1) is 11.6 Å². The van der Waals surface area contributed by atoms with Gasteiger partial charge in [-0.25, -0.2) is 19.0 Å². The highest BCUT2D eigenvalue weighted by atomic mass is 19.4. The third-order valence-corrected chi connectivity index (χ3v) is 4.89. The molecule has 184 valence electrons. The van der Waals surface area contributed by atoms with Crippen molar-refractivity contribution in [2.75, 3.05) is 13.1 Å². The van der Waals surface area contributed by atoms with Crippen LogP contribution in [-0.4, -0.2) is 35.8 Å². The van der Waals surface area contributed by atoms with E-state index in [-0.39, 0.29) is 23.1 Å². The van der Waals surface area contributed by atoms with Gasteiger partial charge in [0.05, 0.1) is 11.6 Å². The number of urea groups is 1. The molecule has 2 rings (SSSR count). The second kappa shape index (κ2) is 10.9. The lowest BCUT2D eigenvalue weighted by molar-refractivity contribution is -0.137. The molecule has 12 heteroatoms. The van der Waals surface area contributed by atoms with Gasteiger partial charge in [0.15, 0.2) is 0 Å². The average Bonchev–Trinajstić information content (AvgIpc) is 2.76. The van der Waals surface area contributed by atoms with Gasteiger partial charge in [-0.2, -0.15) is 13.2 Å². The topological polar surface area (TPSA) is 90.5 Å². The van der Waals surface area contributed by atoms with Crippen molar-refractivity contribution in [2.24, 2.45) is 0 Å². The normalized spacial score (nSPS) is 12.0. The first kappa shape index (κ1) is 26.6. The average molecular weight is 486 g/mol. The first-order valence-electron chi connectivity index (χ1n) is 10.2. The fourth-order valence-corrected chi connectivity index (χ4v) is 3.09. The number of nitrogens with one attached hydrogen (secondary N) is 3. The van der Waals surface area contributed by atoms with Gasteiger partial charge in [0.25, 0.3) is 11.8 Å². The van der Waals surface area contributed by atoms with Crippen molar-refractivity contribution < 1.29 is 36.3 Å². The van der Waals surface area contributed by atoms with Crippen LogP contribution in [0.1, 0.15) is 58.7 Å². The molecule has 0 saturated heterocycles. The zero-order valence-electron chi connectivity index (χ0n) is 18.5. The molecular weight excluding hydrogens is 463 g/mol. The summed E-state index contributed by atoms with van der Waals surface area (Å²) < 4.78 is 66.3. The monoisotopic (exact) mass is 486 g/mol. The number of nitrogens with zero attached hydrogens (tertiary/aromatic N) is 1. The lowest BCUT2D eigenvalue weighted by Crippen LogP contribution is -2.47. The van der Waals surface area contributed by atoms with Gasteiger partial charge in [-0.1, -0.05) is 6.07 Å². The van der Waals surface area contributed by atoms with Crippen molar-refractivity contribution in [2.45, 2.75) is 33.0 Å². The van der Waals surface area contributed by atoms with Gasteiger partial charge in [-0.05, 0) is 51.1 Å². The molecule has 7 nitrogen and oxygen atoms in total. The molecule has 0 spiro atoms. The van der Waals surface area contributed by atoms with Crippen LogP contribution in [0.15, 0.2) is 36.4 Å². The van der Waals surface area contributed by atoms with Crippen LogP contribution in [-0.2, 0) is 6.18 Å². The first-order valence-corrected chi connectivity index (χ1v) is 10.2. The van der Waals surface area contributed by atoms with Crippen LogP contribution in [0.25, 0.3) is 0 Å². The number of hydrazine groups is 1. The minimum absolute atomic E-state index is 0.0533. The maximum atomic E-state index is 14.6. The van der Waals surface area contributed by atoms with Crippen molar-refractivity contribution >= 4 is 17.8 Å². The minimum Gasteiger partial charge on any atom is -0.339 e. The molecule has 34 heavy (non-hydrogen) atoms. The summed E-state index contributed by atoms with van der Waals surface area (Å²) in [6, 6.07) is 3.13. The summed E-state index contributed by atoms with van der Waals surface area (Å²) in [7, 11) is 0. The number of hydrogen-bond donors (Lipinski definition) is 3. The summed E-state index contributed by atoms with van der Waals surface area (Å²) in [5.74, 6) is -3.56. The molecule has 0 aliphatic heterocycles. The molecule has 0 heterocycles. The minimum atomic E-state index is -4.87. The Balaban J connectivity index is 2.01. The molecule has 3 N–H and O–H groups in total. The number of alkyl halides is 3. The molecule has 4 amide bonds. The summed E-state index contributed by atoms with van der Waals surface area (Å²) in [6.45, 7) is 5.93. The van der Waals surface area contributed by atoms with Crippen LogP contribution in [0.3, 0.4) is 0 Å². The standard InChI is InChI=1S/C22H23F5N4O3/c1-4-31(5-2)20(33)13-6-7-17(18(24)10-13)12(3)28-21(34)30-29-19(32)14-8-15(22(25,26)27)11-16(23)9-14/h6-12H,4-5H2,1-3H3,(H,29,32)(H2,28,30,34)/t12-/m1/s1. The Kier molecular flexibility index (Phi) is 8.55. The third kappa shape index (κ3) is 6.65. The summed E-state index contributed by atoms with van der Waals surface area (Å²) in [5.41, 5.74) is 1.91. The van der Waals surface area contributed by atoms with E-state index in [1.165, 1.54) is 24.0 Å². The highest BCUT2D eigenvalue weighted by Crippen LogP contribution is 2.30. The number of amides is 4. The van der Waals surface area contributed by atoms with Crippen molar-refractivity contribution in [1.82, 2.24) is 21.1 Å². The van der Waals surface area contributed by atoms with Crippen LogP contribution in [0.4, 0.5) is 26.7 Å². The quantitative estimate of drug-likeness (QED) is 0.423. The summed E-state index contributed by atoms with van der Waals surface area (Å²) >= 11 is 0. The molecule has 0 fully saturated rings. The third-order valence-electron chi connectivity index (χ3n) is 4.89. The van der Waals surface area contributed by atoms with E-state index in [9.17, 15) is 36.3 Å². The summed E-state index contributed by atoms with van der Waals surface area (Å²) in [5, 5.41) is 2.33. The lowest BCUT2D eigenvalue weighted by atomic mass is 10.0. The molecule has 0 aromatic heterocycles. The molecular formula is C22H23F5N4O3. The van der Waals surface area contributed by atoms with Gasteiger partial charge in [0.2, 0.25) is 0 Å². The Hall–Kier alpha value is -3.70. The molecule has 2 aromatic carbocycles. The number of halogens is 5. The zero-order chi connectivity index (χ0) is 25.6. The first-order chi connectivity index (χ1) is 15.9. The van der Waals surface area contributed by atoms with Gasteiger partial charge in [-0.3, -0.25) is 15.0 Å². The number of carbonyl (C=O) groups excluding carboxylic acids is 3. The maximum absolute atomic E-state index is 14.6. The molecule has 0 aliphatic carbocycles. The number of carbonyl (C=O) groups is 3. The SMILES string of the molecule is CCN(CC)C(=O)c1ccc([C@@H](C)NC(=O)NNC(=O)c2cc(F)cc(C(F)(F)F)c2)c(F)c1. The van der Waals surface area contributed by atoms with Crippen molar-refractivity contribution in [3.8, 4) is 0 Å². The second-order valence-corrected chi connectivity index (χ2v) is 7.21. The molecule has 1 atom stereocenters. The second-order valence-electron chi connectivity index (χ2n) is 7.21. The Morgan fingerprint density at radius 1 is 0.941 bits per heavy atom. The number of hydrogen-bond acceptors (Lipinski definition) is 3. The predicted octanol–water partition coefficient (Wildman–Crippen LogP) is 4.17. The van der Waals surface area contributed by atoms with Crippen LogP contribution < -0.4 is 16.2 Å². The largest absolute Gasteiger partial charge is 0.416 e. The van der Waals surface area contributed by atoms with Crippen LogP contribution >= 0.6 is 0 Å². The molecule has 0 unspecified atom stereocenters. The number of benzene rings is 2. The molecule has 0 aliphatic rings. The highest BCUT2D eigenvalue weighted by molar-refractivity contribution is 5.95. The van der Waals surface area contributed by atoms with Crippen LogP contribution in [0.2, 0.25) is 0 Å². The van der Waals surface area contributed by atoms with Gasteiger partial charge in [-0.15, -0.1) is 0 Å². The van der Waals surface area contributed by atoms with E-state index in [1.54, 1.807) is 13.8 Å². The van der Waals surface area contributed by atoms with E-state index in [0.717, 1.165) is 6.07 Å². The Morgan fingerprint density at radius 3 is 2.15 bits per heavy atom. The van der Waals surface area contributed by atoms with E-state index < -0.39 is 46.9 Å². The fraction of sp³-hybridized carbons (Fsp3) is 0.318. The Bertz CT molecular complexity index is 1070. The van der Waals surface area contributed by atoms with Gasteiger partial charge >= 0.3 is 12.2 Å². The predicted molar refractivity (Wildman–Crippen MR) is 113 cm³/mol. The molecule has 0 radical (unpaired) electrons. The van der Waals surface area contributed by atoms with Crippen molar-refractivity contribution in [1.29, 1.82) is 0 Å². The molecule has 0 bridgehead atoms. The van der Waals surface area contributed by atoms with E-state index in [1.807, 2.05) is 10.9 Å². The molecule has 0 saturated carbocycles. The van der Waals surface area contributed by atoms with Gasteiger partial charge in [0.1, 0.15) is 11.6 Å². The maximum Gasteiger partial charge on any atom is 0.416 e. The highest BCUT2D eigenvalue weighted by Gasteiger charge is 2.32. The lowest BCUT2D eigenvalue weighted by Gasteiger charge is -2.20. The number of rotatable bonds is 6. The summed E-state index contributed by atoms with van der Waals surface area (Å²) in [6.07, 6.45) is -4.87. The van der Waals surface area contributed by atoms with Crippen LogP contribution in [0.5, 0.6) is 0 Å². The van der Waals surface area contributed by atoms with E-state index in [0.29, 0.717) is 25.2 Å². The zero-order valence-corrected chi connectivity index (χ0v) is 18.5. The van der Waals surface area contributed by atoms with E-state index in [2.05, 4.69) is 5.32 Å².